The molecule has 0 N–H and O–H groups in total. The lowest BCUT2D eigenvalue weighted by atomic mass is 10.0. The molecule has 0 spiro atoms. The van der Waals surface area contributed by atoms with Crippen molar-refractivity contribution < 1.29 is 0 Å². The van der Waals surface area contributed by atoms with Gasteiger partial charge in [0.1, 0.15) is 0 Å². The van der Waals surface area contributed by atoms with E-state index in [-0.39, 0.29) is 0 Å². The molecule has 0 aliphatic carbocycles. The van der Waals surface area contributed by atoms with E-state index in [1.165, 1.54) is 50.1 Å². The molecule has 3 nitrogen and oxygen atoms in total. The quantitative estimate of drug-likeness (QED) is 0.838. The number of benzene rings is 1. The van der Waals surface area contributed by atoms with Gasteiger partial charge in [-0.15, -0.1) is 0 Å². The third-order valence-corrected chi connectivity index (χ3v) is 5.11. The molecule has 20 heavy (non-hydrogen) atoms. The summed E-state index contributed by atoms with van der Waals surface area (Å²) in [6.45, 7) is 3.64. The van der Waals surface area contributed by atoms with Crippen LogP contribution in [-0.2, 0) is 0 Å². The Morgan fingerprint density at radius 2 is 1.90 bits per heavy atom. The molecule has 0 saturated carbocycles. The zero-order valence-corrected chi connectivity index (χ0v) is 13.0. The molecule has 2 atom stereocenters. The molecule has 110 valence electrons. The summed E-state index contributed by atoms with van der Waals surface area (Å²) in [6, 6.07) is 10.3. The van der Waals surface area contributed by atoms with Gasteiger partial charge in [0.15, 0.2) is 0 Å². The third-order valence-electron chi connectivity index (χ3n) is 5.11. The molecule has 2 aliphatic heterocycles. The summed E-state index contributed by atoms with van der Waals surface area (Å²) in [6.07, 6.45) is 3.90. The zero-order chi connectivity index (χ0) is 14.1. The molecule has 0 amide bonds. The van der Waals surface area contributed by atoms with Crippen molar-refractivity contribution in [2.45, 2.75) is 31.3 Å². The van der Waals surface area contributed by atoms with E-state index in [1.54, 1.807) is 0 Å². The highest BCUT2D eigenvalue weighted by Crippen LogP contribution is 2.37. The number of likely N-dealkylation sites (N-methyl/N-ethyl adjacent to an activating group) is 2. The molecule has 2 saturated heterocycles. The van der Waals surface area contributed by atoms with Crippen LogP contribution in [0.2, 0.25) is 0 Å². The number of para-hydroxylation sites is 1. The lowest BCUT2D eigenvalue weighted by Crippen LogP contribution is -2.35. The number of hydrogen-bond acceptors (Lipinski definition) is 3. The first-order valence-corrected chi connectivity index (χ1v) is 7.87. The summed E-state index contributed by atoms with van der Waals surface area (Å²) < 4.78 is 0. The van der Waals surface area contributed by atoms with Crippen LogP contribution < -0.4 is 4.90 Å². The lowest BCUT2D eigenvalue weighted by Gasteiger charge is -2.31. The van der Waals surface area contributed by atoms with Crippen LogP contribution in [0.1, 0.15) is 30.9 Å². The Bertz CT molecular complexity index is 459. The highest BCUT2D eigenvalue weighted by atomic mass is 15.2. The molecule has 2 aliphatic rings. The van der Waals surface area contributed by atoms with Crippen LogP contribution in [0.4, 0.5) is 5.69 Å². The number of anilines is 1. The summed E-state index contributed by atoms with van der Waals surface area (Å²) in [5, 5.41) is 0. The predicted molar refractivity (Wildman–Crippen MR) is 85.4 cm³/mol. The second-order valence-corrected chi connectivity index (χ2v) is 6.51. The van der Waals surface area contributed by atoms with E-state index in [9.17, 15) is 0 Å². The normalized spacial score (nSPS) is 28.1. The fraction of sp³-hybridized carbons (Fsp3) is 0.647. The van der Waals surface area contributed by atoms with Crippen molar-refractivity contribution in [3.05, 3.63) is 29.8 Å². The Morgan fingerprint density at radius 3 is 2.55 bits per heavy atom. The molecule has 1 aromatic carbocycles. The highest BCUT2D eigenvalue weighted by molar-refractivity contribution is 5.55. The minimum atomic E-state index is 0.604. The fourth-order valence-electron chi connectivity index (χ4n) is 3.82. The molecule has 1 aromatic rings. The molecule has 2 fully saturated rings. The Kier molecular flexibility index (Phi) is 3.99. The van der Waals surface area contributed by atoms with E-state index >= 15 is 0 Å². The predicted octanol–water partition coefficient (Wildman–Crippen LogP) is 2.59. The molecule has 1 unspecified atom stereocenters. The van der Waals surface area contributed by atoms with Crippen molar-refractivity contribution >= 4 is 5.69 Å². The van der Waals surface area contributed by atoms with Crippen LogP contribution in [0.25, 0.3) is 0 Å². The van der Waals surface area contributed by atoms with Crippen molar-refractivity contribution in [2.24, 2.45) is 0 Å². The first-order valence-electron chi connectivity index (χ1n) is 7.87. The molecular formula is C17H27N3. The summed E-state index contributed by atoms with van der Waals surface area (Å²) in [5.74, 6) is 0. The number of nitrogens with zero attached hydrogens (tertiary/aromatic N) is 3. The average Bonchev–Trinajstić information content (AvgIpc) is 3.07. The average molecular weight is 273 g/mol. The monoisotopic (exact) mass is 273 g/mol. The summed E-state index contributed by atoms with van der Waals surface area (Å²) in [5.41, 5.74) is 2.95. The Balaban J connectivity index is 1.85. The summed E-state index contributed by atoms with van der Waals surface area (Å²) in [7, 11) is 6.76. The van der Waals surface area contributed by atoms with Crippen molar-refractivity contribution in [2.75, 3.05) is 45.7 Å². The van der Waals surface area contributed by atoms with Crippen LogP contribution in [0.5, 0.6) is 0 Å². The second-order valence-electron chi connectivity index (χ2n) is 6.51. The first-order chi connectivity index (χ1) is 9.66. The van der Waals surface area contributed by atoms with Crippen molar-refractivity contribution in [3.63, 3.8) is 0 Å². The number of hydrogen-bond donors (Lipinski definition) is 0. The van der Waals surface area contributed by atoms with Gasteiger partial charge < -0.3 is 9.80 Å². The van der Waals surface area contributed by atoms with Crippen LogP contribution in [0.3, 0.4) is 0 Å². The van der Waals surface area contributed by atoms with Crippen LogP contribution >= 0.6 is 0 Å². The second kappa shape index (κ2) is 5.74. The SMILES string of the molecule is CN1CCC(N(C)c2ccccc2[C@H]2CCCN2C)C1. The smallest absolute Gasteiger partial charge is 0.0425 e. The van der Waals surface area contributed by atoms with E-state index in [4.69, 9.17) is 0 Å². The van der Waals surface area contributed by atoms with Gasteiger partial charge in [0.2, 0.25) is 0 Å². The van der Waals surface area contributed by atoms with Gasteiger partial charge in [-0.25, -0.2) is 0 Å². The molecule has 0 aromatic heterocycles. The minimum Gasteiger partial charge on any atom is -0.370 e. The molecular weight excluding hydrogens is 246 g/mol. The summed E-state index contributed by atoms with van der Waals surface area (Å²) in [4.78, 5) is 7.46. The largest absolute Gasteiger partial charge is 0.370 e. The van der Waals surface area contributed by atoms with Crippen molar-refractivity contribution in [3.8, 4) is 0 Å². The van der Waals surface area contributed by atoms with Crippen molar-refractivity contribution in [1.82, 2.24) is 9.80 Å². The number of likely N-dealkylation sites (tertiary alicyclic amines) is 2. The first kappa shape index (κ1) is 13.9. The van der Waals surface area contributed by atoms with Gasteiger partial charge in [0.05, 0.1) is 0 Å². The maximum Gasteiger partial charge on any atom is 0.0425 e. The number of rotatable bonds is 3. The van der Waals surface area contributed by atoms with Gasteiger partial charge in [-0.05, 0) is 58.1 Å². The van der Waals surface area contributed by atoms with Gasteiger partial charge in [-0.1, -0.05) is 18.2 Å². The summed E-state index contributed by atoms with van der Waals surface area (Å²) >= 11 is 0. The van der Waals surface area contributed by atoms with Gasteiger partial charge >= 0.3 is 0 Å². The molecule has 3 heteroatoms. The van der Waals surface area contributed by atoms with Gasteiger partial charge in [-0.2, -0.15) is 0 Å². The Labute approximate surface area is 123 Å². The van der Waals surface area contributed by atoms with E-state index in [1.807, 2.05) is 0 Å². The van der Waals surface area contributed by atoms with Gasteiger partial charge in [0.25, 0.3) is 0 Å². The Morgan fingerprint density at radius 1 is 1.10 bits per heavy atom. The van der Waals surface area contributed by atoms with E-state index < -0.39 is 0 Å². The van der Waals surface area contributed by atoms with Gasteiger partial charge in [-0.3, -0.25) is 4.90 Å². The third kappa shape index (κ3) is 2.57. The van der Waals surface area contributed by atoms with Crippen molar-refractivity contribution in [1.29, 1.82) is 0 Å². The Hall–Kier alpha value is -1.06. The van der Waals surface area contributed by atoms with Crippen LogP contribution in [0, 0.1) is 0 Å². The lowest BCUT2D eigenvalue weighted by molar-refractivity contribution is 0.317. The molecule has 0 bridgehead atoms. The maximum absolute atomic E-state index is 2.52. The highest BCUT2D eigenvalue weighted by Gasteiger charge is 2.29. The topological polar surface area (TPSA) is 9.72 Å². The standard InChI is InChI=1S/C17H27N3/c1-18-12-10-14(13-18)20(3)17-8-5-4-7-15(17)16-9-6-11-19(16)2/h4-5,7-8,14,16H,6,9-13H2,1-3H3/t14?,16-/m1/s1. The molecule has 0 radical (unpaired) electrons. The zero-order valence-electron chi connectivity index (χ0n) is 13.0. The maximum atomic E-state index is 2.52. The fourth-order valence-corrected chi connectivity index (χ4v) is 3.82. The van der Waals surface area contributed by atoms with E-state index in [2.05, 4.69) is 60.1 Å². The van der Waals surface area contributed by atoms with Crippen LogP contribution in [0.15, 0.2) is 24.3 Å². The van der Waals surface area contributed by atoms with E-state index in [0.717, 1.165) is 0 Å². The van der Waals surface area contributed by atoms with E-state index in [0.29, 0.717) is 12.1 Å². The minimum absolute atomic E-state index is 0.604. The van der Waals surface area contributed by atoms with Crippen LogP contribution in [-0.4, -0.2) is 56.6 Å². The van der Waals surface area contributed by atoms with Gasteiger partial charge in [0, 0.05) is 31.4 Å². The molecule has 3 rings (SSSR count). The molecule has 2 heterocycles.